The number of aryl methyl sites for hydroxylation is 3. The van der Waals surface area contributed by atoms with E-state index in [9.17, 15) is 0 Å². The zero-order valence-electron chi connectivity index (χ0n) is 11.9. The minimum Gasteiger partial charge on any atom is -0.488 e. The summed E-state index contributed by atoms with van der Waals surface area (Å²) >= 11 is 0. The van der Waals surface area contributed by atoms with Gasteiger partial charge in [-0.05, 0) is 44.9 Å². The third kappa shape index (κ3) is 2.96. The Morgan fingerprint density at radius 3 is 2.58 bits per heavy atom. The van der Waals surface area contributed by atoms with Gasteiger partial charge < -0.3 is 15.0 Å². The Morgan fingerprint density at radius 1 is 1.32 bits per heavy atom. The Balaban J connectivity index is 2.12. The quantitative estimate of drug-likeness (QED) is 0.917. The first kappa shape index (κ1) is 13.6. The van der Waals surface area contributed by atoms with Crippen LogP contribution in [-0.4, -0.2) is 5.16 Å². The van der Waals surface area contributed by atoms with Gasteiger partial charge in [0.1, 0.15) is 18.1 Å². The van der Waals surface area contributed by atoms with Gasteiger partial charge >= 0.3 is 0 Å². The molecule has 1 aromatic carbocycles. The lowest BCUT2D eigenvalue weighted by Gasteiger charge is -2.12. The largest absolute Gasteiger partial charge is 0.488 e. The van der Waals surface area contributed by atoms with Crippen LogP contribution >= 0.6 is 0 Å². The summed E-state index contributed by atoms with van der Waals surface area (Å²) < 4.78 is 11.0. The lowest BCUT2D eigenvalue weighted by molar-refractivity contribution is 0.299. The fraction of sp³-hybridized carbons (Fsp3) is 0.400. The Kier molecular flexibility index (Phi) is 3.90. The molecule has 0 spiro atoms. The predicted molar refractivity (Wildman–Crippen MR) is 74.1 cm³/mol. The molecule has 19 heavy (non-hydrogen) atoms. The van der Waals surface area contributed by atoms with Crippen LogP contribution in [0.2, 0.25) is 0 Å². The average molecular weight is 260 g/mol. The first-order valence-corrected chi connectivity index (χ1v) is 6.39. The van der Waals surface area contributed by atoms with Crippen molar-refractivity contribution in [3.8, 4) is 5.75 Å². The summed E-state index contributed by atoms with van der Waals surface area (Å²) in [5, 5.41) is 3.92. The number of nitrogens with zero attached hydrogens (tertiary/aromatic N) is 1. The summed E-state index contributed by atoms with van der Waals surface area (Å²) in [4.78, 5) is 0. The highest BCUT2D eigenvalue weighted by molar-refractivity contribution is 5.37. The molecule has 0 amide bonds. The molecule has 0 aliphatic carbocycles. The standard InChI is InChI=1S/C15H20N2O2/c1-9-7-13(10(2)16)5-6-15(9)18-8-14-11(3)17-19-12(14)4/h5-7,10H,8,16H2,1-4H3. The van der Waals surface area contributed by atoms with E-state index in [0.29, 0.717) is 6.61 Å². The highest BCUT2D eigenvalue weighted by Gasteiger charge is 2.10. The van der Waals surface area contributed by atoms with E-state index in [1.807, 2.05) is 39.8 Å². The SMILES string of the molecule is Cc1cc(C(C)N)ccc1OCc1c(C)noc1C. The maximum absolute atomic E-state index is 5.86. The van der Waals surface area contributed by atoms with Gasteiger partial charge in [0.25, 0.3) is 0 Å². The zero-order valence-corrected chi connectivity index (χ0v) is 11.9. The van der Waals surface area contributed by atoms with Gasteiger partial charge in [-0.3, -0.25) is 0 Å². The van der Waals surface area contributed by atoms with Gasteiger partial charge in [-0.2, -0.15) is 0 Å². The molecule has 0 aliphatic rings. The Hall–Kier alpha value is -1.81. The van der Waals surface area contributed by atoms with E-state index in [2.05, 4.69) is 11.2 Å². The second-order valence-corrected chi connectivity index (χ2v) is 4.91. The third-order valence-corrected chi connectivity index (χ3v) is 3.28. The molecular weight excluding hydrogens is 240 g/mol. The van der Waals surface area contributed by atoms with Gasteiger partial charge in [0, 0.05) is 6.04 Å². The number of aromatic nitrogens is 1. The van der Waals surface area contributed by atoms with Crippen molar-refractivity contribution in [1.29, 1.82) is 0 Å². The summed E-state index contributed by atoms with van der Waals surface area (Å²) in [6.07, 6.45) is 0. The molecule has 1 aromatic heterocycles. The highest BCUT2D eigenvalue weighted by Crippen LogP contribution is 2.23. The summed E-state index contributed by atoms with van der Waals surface area (Å²) in [7, 11) is 0. The van der Waals surface area contributed by atoms with Crippen LogP contribution in [-0.2, 0) is 6.61 Å². The van der Waals surface area contributed by atoms with Gasteiger partial charge in [0.2, 0.25) is 0 Å². The fourth-order valence-corrected chi connectivity index (χ4v) is 1.98. The molecule has 2 N–H and O–H groups in total. The van der Waals surface area contributed by atoms with Gasteiger partial charge in [0.15, 0.2) is 0 Å². The molecule has 4 heteroatoms. The van der Waals surface area contributed by atoms with Crippen molar-refractivity contribution in [2.24, 2.45) is 5.73 Å². The molecule has 0 bridgehead atoms. The minimum absolute atomic E-state index is 0.0373. The third-order valence-electron chi connectivity index (χ3n) is 3.28. The molecule has 4 nitrogen and oxygen atoms in total. The zero-order chi connectivity index (χ0) is 14.0. The van der Waals surface area contributed by atoms with Crippen LogP contribution in [0.15, 0.2) is 22.7 Å². The smallest absolute Gasteiger partial charge is 0.140 e. The second kappa shape index (κ2) is 5.45. The molecule has 2 aromatic rings. The fourth-order valence-electron chi connectivity index (χ4n) is 1.98. The number of rotatable bonds is 4. The molecule has 102 valence electrons. The average Bonchev–Trinajstić information content (AvgIpc) is 2.68. The molecule has 1 heterocycles. The number of hydrogen-bond acceptors (Lipinski definition) is 4. The van der Waals surface area contributed by atoms with Crippen molar-refractivity contribution < 1.29 is 9.26 Å². The van der Waals surface area contributed by atoms with E-state index in [1.165, 1.54) is 0 Å². The monoisotopic (exact) mass is 260 g/mol. The topological polar surface area (TPSA) is 61.3 Å². The number of hydrogen-bond donors (Lipinski definition) is 1. The highest BCUT2D eigenvalue weighted by atomic mass is 16.5. The second-order valence-electron chi connectivity index (χ2n) is 4.91. The van der Waals surface area contributed by atoms with Crippen LogP contribution < -0.4 is 10.5 Å². The summed E-state index contributed by atoms with van der Waals surface area (Å²) in [5.74, 6) is 1.67. The van der Waals surface area contributed by atoms with Crippen LogP contribution in [0.3, 0.4) is 0 Å². The summed E-state index contributed by atoms with van der Waals surface area (Å²) in [6.45, 7) is 8.28. The van der Waals surface area contributed by atoms with Crippen molar-refractivity contribution in [2.45, 2.75) is 40.3 Å². The number of benzene rings is 1. The van der Waals surface area contributed by atoms with Crippen molar-refractivity contribution in [1.82, 2.24) is 5.16 Å². The predicted octanol–water partition coefficient (Wildman–Crippen LogP) is 3.20. The number of nitrogens with two attached hydrogens (primary N) is 1. The van der Waals surface area contributed by atoms with Crippen molar-refractivity contribution in [3.05, 3.63) is 46.3 Å². The molecule has 0 saturated heterocycles. The summed E-state index contributed by atoms with van der Waals surface area (Å²) in [5.41, 5.74) is 9.95. The van der Waals surface area contributed by atoms with Crippen LogP contribution in [0.4, 0.5) is 0 Å². The first-order valence-electron chi connectivity index (χ1n) is 6.39. The lowest BCUT2D eigenvalue weighted by Crippen LogP contribution is -2.06. The molecule has 1 unspecified atom stereocenters. The van der Waals surface area contributed by atoms with Gasteiger partial charge in [0.05, 0.1) is 11.3 Å². The normalized spacial score (nSPS) is 12.5. The van der Waals surface area contributed by atoms with E-state index < -0.39 is 0 Å². The van der Waals surface area contributed by atoms with Crippen LogP contribution in [0, 0.1) is 20.8 Å². The molecule has 2 rings (SSSR count). The van der Waals surface area contributed by atoms with E-state index in [-0.39, 0.29) is 6.04 Å². The van der Waals surface area contributed by atoms with Gasteiger partial charge in [-0.15, -0.1) is 0 Å². The number of ether oxygens (including phenoxy) is 1. The lowest BCUT2D eigenvalue weighted by atomic mass is 10.1. The molecule has 0 radical (unpaired) electrons. The van der Waals surface area contributed by atoms with E-state index >= 15 is 0 Å². The molecule has 0 saturated carbocycles. The van der Waals surface area contributed by atoms with Crippen molar-refractivity contribution in [3.63, 3.8) is 0 Å². The minimum atomic E-state index is 0.0373. The molecule has 1 atom stereocenters. The van der Waals surface area contributed by atoms with Gasteiger partial charge in [-0.25, -0.2) is 0 Å². The Morgan fingerprint density at radius 2 is 2.05 bits per heavy atom. The van der Waals surface area contributed by atoms with Crippen molar-refractivity contribution in [2.75, 3.05) is 0 Å². The summed E-state index contributed by atoms with van der Waals surface area (Å²) in [6, 6.07) is 6.06. The Bertz CT molecular complexity index is 554. The maximum atomic E-state index is 5.86. The van der Waals surface area contributed by atoms with Crippen LogP contribution in [0.5, 0.6) is 5.75 Å². The Labute approximate surface area is 113 Å². The van der Waals surface area contributed by atoms with E-state index in [0.717, 1.165) is 33.9 Å². The molecule has 0 fully saturated rings. The van der Waals surface area contributed by atoms with Crippen molar-refractivity contribution >= 4 is 0 Å². The maximum Gasteiger partial charge on any atom is 0.140 e. The molecular formula is C15H20N2O2. The van der Waals surface area contributed by atoms with Gasteiger partial charge in [-0.1, -0.05) is 17.3 Å². The van der Waals surface area contributed by atoms with E-state index in [1.54, 1.807) is 0 Å². The first-order chi connectivity index (χ1) is 8.99. The molecule has 0 aliphatic heterocycles. The van der Waals surface area contributed by atoms with Crippen LogP contribution in [0.25, 0.3) is 0 Å². The van der Waals surface area contributed by atoms with E-state index in [4.69, 9.17) is 15.0 Å². The van der Waals surface area contributed by atoms with Crippen LogP contribution in [0.1, 0.15) is 41.1 Å².